The molecule has 2 heterocycles. The third-order valence-corrected chi connectivity index (χ3v) is 4.08. The van der Waals surface area contributed by atoms with E-state index in [1.54, 1.807) is 6.07 Å². The van der Waals surface area contributed by atoms with E-state index in [1.807, 2.05) is 25.1 Å². The van der Waals surface area contributed by atoms with Gasteiger partial charge in [0.25, 0.3) is 5.56 Å². The molecule has 0 unspecified atom stereocenters. The van der Waals surface area contributed by atoms with E-state index < -0.39 is 0 Å². The van der Waals surface area contributed by atoms with Crippen molar-refractivity contribution in [3.63, 3.8) is 0 Å². The normalized spacial score (nSPS) is 12.0. The maximum Gasteiger partial charge on any atom is 0.259 e. The van der Waals surface area contributed by atoms with Crippen molar-refractivity contribution < 1.29 is 0 Å². The molecular formula is C17H20N4O. The average molecular weight is 296 g/mol. The van der Waals surface area contributed by atoms with Crippen molar-refractivity contribution in [1.82, 2.24) is 15.0 Å². The van der Waals surface area contributed by atoms with Crippen LogP contribution in [0.15, 0.2) is 35.1 Å². The number of pyridine rings is 1. The summed E-state index contributed by atoms with van der Waals surface area (Å²) in [5, 5.41) is 0. The quantitative estimate of drug-likeness (QED) is 0.693. The van der Waals surface area contributed by atoms with E-state index in [1.165, 1.54) is 0 Å². The summed E-state index contributed by atoms with van der Waals surface area (Å²) < 4.78 is 0. The number of nitrogens with one attached hydrogen (secondary N) is 2. The molecule has 4 N–H and O–H groups in total. The average Bonchev–Trinajstić information content (AvgIpc) is 2.89. The summed E-state index contributed by atoms with van der Waals surface area (Å²) in [5.41, 5.74) is 9.88. The van der Waals surface area contributed by atoms with Crippen molar-refractivity contribution in [1.29, 1.82) is 0 Å². The van der Waals surface area contributed by atoms with Gasteiger partial charge in [-0.1, -0.05) is 19.9 Å². The van der Waals surface area contributed by atoms with Crippen LogP contribution in [0.4, 0.5) is 0 Å². The summed E-state index contributed by atoms with van der Waals surface area (Å²) in [6.45, 7) is 6.63. The highest BCUT2D eigenvalue weighted by molar-refractivity contribution is 5.80. The topological polar surface area (TPSA) is 87.6 Å². The second kappa shape index (κ2) is 5.10. The molecule has 0 aliphatic heterocycles. The van der Waals surface area contributed by atoms with Gasteiger partial charge in [0, 0.05) is 17.7 Å². The van der Waals surface area contributed by atoms with E-state index in [0.717, 1.165) is 22.3 Å². The van der Waals surface area contributed by atoms with Gasteiger partial charge in [-0.05, 0) is 36.8 Å². The van der Waals surface area contributed by atoms with Crippen LogP contribution in [0, 0.1) is 6.92 Å². The van der Waals surface area contributed by atoms with E-state index >= 15 is 0 Å². The molecule has 0 radical (unpaired) electrons. The van der Waals surface area contributed by atoms with Crippen molar-refractivity contribution in [2.24, 2.45) is 5.73 Å². The Labute approximate surface area is 128 Å². The number of aromatic amines is 2. The van der Waals surface area contributed by atoms with Gasteiger partial charge in [0.1, 0.15) is 5.82 Å². The first-order chi connectivity index (χ1) is 10.4. The van der Waals surface area contributed by atoms with Crippen molar-refractivity contribution in [2.45, 2.75) is 26.2 Å². The second-order valence-electron chi connectivity index (χ2n) is 6.29. The van der Waals surface area contributed by atoms with Crippen molar-refractivity contribution in [3.05, 3.63) is 51.9 Å². The van der Waals surface area contributed by atoms with E-state index in [4.69, 9.17) is 5.73 Å². The molecule has 114 valence electrons. The minimum atomic E-state index is -0.137. The van der Waals surface area contributed by atoms with Gasteiger partial charge < -0.3 is 15.7 Å². The van der Waals surface area contributed by atoms with Crippen LogP contribution < -0.4 is 11.3 Å². The van der Waals surface area contributed by atoms with Gasteiger partial charge >= 0.3 is 0 Å². The first-order valence-electron chi connectivity index (χ1n) is 7.31. The molecule has 0 atom stereocenters. The van der Waals surface area contributed by atoms with Crippen LogP contribution in [-0.2, 0) is 5.41 Å². The molecule has 0 bridgehead atoms. The lowest BCUT2D eigenvalue weighted by Gasteiger charge is -2.22. The summed E-state index contributed by atoms with van der Waals surface area (Å²) in [6, 6.07) is 9.72. The number of hydrogen-bond acceptors (Lipinski definition) is 3. The van der Waals surface area contributed by atoms with Crippen LogP contribution >= 0.6 is 0 Å². The molecule has 22 heavy (non-hydrogen) atoms. The number of nitrogens with zero attached hydrogens (tertiary/aromatic N) is 1. The minimum Gasteiger partial charge on any atom is -0.338 e. The smallest absolute Gasteiger partial charge is 0.259 e. The lowest BCUT2D eigenvalue weighted by atomic mass is 9.85. The van der Waals surface area contributed by atoms with Crippen molar-refractivity contribution in [3.8, 4) is 11.4 Å². The van der Waals surface area contributed by atoms with Crippen LogP contribution in [0.1, 0.15) is 25.1 Å². The molecule has 0 aliphatic carbocycles. The van der Waals surface area contributed by atoms with Crippen LogP contribution in [0.2, 0.25) is 0 Å². The summed E-state index contributed by atoms with van der Waals surface area (Å²) in [4.78, 5) is 22.6. The number of hydrogen-bond donors (Lipinski definition) is 3. The molecular weight excluding hydrogens is 276 g/mol. The van der Waals surface area contributed by atoms with Gasteiger partial charge in [-0.25, -0.2) is 4.98 Å². The molecule has 3 rings (SSSR count). The fraction of sp³-hybridized carbons (Fsp3) is 0.294. The Bertz CT molecular complexity index is 889. The minimum absolute atomic E-state index is 0.0964. The summed E-state index contributed by atoms with van der Waals surface area (Å²) in [5.74, 6) is 0.582. The van der Waals surface area contributed by atoms with Gasteiger partial charge in [0.2, 0.25) is 0 Å². The number of aryl methyl sites for hydroxylation is 1. The molecule has 5 nitrogen and oxygen atoms in total. The molecule has 0 saturated heterocycles. The third-order valence-electron chi connectivity index (χ3n) is 4.08. The Morgan fingerprint density at radius 3 is 2.64 bits per heavy atom. The van der Waals surface area contributed by atoms with Gasteiger partial charge in [-0.2, -0.15) is 0 Å². The molecule has 0 fully saturated rings. The van der Waals surface area contributed by atoms with E-state index in [0.29, 0.717) is 17.9 Å². The second-order valence-corrected chi connectivity index (χ2v) is 6.29. The van der Waals surface area contributed by atoms with Crippen LogP contribution in [-0.4, -0.2) is 21.5 Å². The van der Waals surface area contributed by atoms with Crippen LogP contribution in [0.3, 0.4) is 0 Å². The van der Waals surface area contributed by atoms with Crippen LogP contribution in [0.25, 0.3) is 22.4 Å². The maximum absolute atomic E-state index is 12.1. The summed E-state index contributed by atoms with van der Waals surface area (Å²) >= 11 is 0. The number of nitrogens with two attached hydrogens (primary N) is 1. The van der Waals surface area contributed by atoms with Crippen molar-refractivity contribution in [2.75, 3.05) is 6.54 Å². The van der Waals surface area contributed by atoms with Gasteiger partial charge in [0.05, 0.1) is 16.6 Å². The molecule has 5 heteroatoms. The Morgan fingerprint density at radius 2 is 1.95 bits per heavy atom. The Balaban J connectivity index is 2.12. The van der Waals surface area contributed by atoms with Crippen LogP contribution in [0.5, 0.6) is 0 Å². The van der Waals surface area contributed by atoms with Gasteiger partial charge in [0.15, 0.2) is 0 Å². The zero-order chi connectivity index (χ0) is 15.9. The number of rotatable bonds is 3. The van der Waals surface area contributed by atoms with Gasteiger partial charge in [-0.3, -0.25) is 4.79 Å². The van der Waals surface area contributed by atoms with Gasteiger partial charge in [-0.15, -0.1) is 0 Å². The predicted octanol–water partition coefficient (Wildman–Crippen LogP) is 2.46. The lowest BCUT2D eigenvalue weighted by molar-refractivity contribution is 0.539. The highest BCUT2D eigenvalue weighted by Crippen LogP contribution is 2.26. The van der Waals surface area contributed by atoms with E-state index in [2.05, 4.69) is 34.9 Å². The highest BCUT2D eigenvalue weighted by Gasteiger charge is 2.19. The molecule has 3 aromatic rings. The molecule has 0 amide bonds. The Kier molecular flexibility index (Phi) is 3.37. The molecule has 0 saturated carbocycles. The third kappa shape index (κ3) is 2.44. The first-order valence-corrected chi connectivity index (χ1v) is 7.31. The number of fused-ring (bicyclic) bond motifs is 1. The lowest BCUT2D eigenvalue weighted by Crippen LogP contribution is -2.27. The zero-order valence-corrected chi connectivity index (χ0v) is 13.0. The Morgan fingerprint density at radius 1 is 1.18 bits per heavy atom. The highest BCUT2D eigenvalue weighted by atomic mass is 16.1. The number of imidazole rings is 1. The Hall–Kier alpha value is -2.40. The molecule has 0 aliphatic rings. The largest absolute Gasteiger partial charge is 0.338 e. The maximum atomic E-state index is 12.1. The SMILES string of the molecule is Cc1ccc(-c2nc3ccc(C(C)(C)CN)cc3[nH]2)c(=O)[nH]1. The molecule has 1 aromatic carbocycles. The zero-order valence-electron chi connectivity index (χ0n) is 13.0. The predicted molar refractivity (Wildman–Crippen MR) is 89.0 cm³/mol. The fourth-order valence-electron chi connectivity index (χ4n) is 2.43. The summed E-state index contributed by atoms with van der Waals surface area (Å²) in [7, 11) is 0. The van der Waals surface area contributed by atoms with E-state index in [9.17, 15) is 4.79 Å². The number of benzene rings is 1. The number of H-pyrrole nitrogens is 2. The standard InChI is InChI=1S/C17H20N4O/c1-10-4-6-12(16(22)19-10)15-20-13-7-5-11(8-14(13)21-15)17(2,3)9-18/h4-8H,9,18H2,1-3H3,(H,19,22)(H,20,21). The van der Waals surface area contributed by atoms with E-state index in [-0.39, 0.29) is 11.0 Å². The first kappa shape index (κ1) is 14.5. The fourth-order valence-corrected chi connectivity index (χ4v) is 2.43. The molecule has 2 aromatic heterocycles. The monoisotopic (exact) mass is 296 g/mol. The number of aromatic nitrogens is 3. The van der Waals surface area contributed by atoms with Crippen molar-refractivity contribution >= 4 is 11.0 Å². The summed E-state index contributed by atoms with van der Waals surface area (Å²) in [6.07, 6.45) is 0. The molecule has 0 spiro atoms.